The number of β-amino-alcohol motifs (C(OH)–C–C–N with tert-alkyl or cyclic N) is 1. The number of ether oxygens (including phenoxy) is 1. The minimum absolute atomic E-state index is 0.00952. The van der Waals surface area contributed by atoms with Crippen LogP contribution in [0.15, 0.2) is 24.3 Å². The molecular formula is C18H29NO4. The molecule has 0 aliphatic carbocycles. The fourth-order valence-corrected chi connectivity index (χ4v) is 3.26. The highest BCUT2D eigenvalue weighted by Crippen LogP contribution is 2.27. The van der Waals surface area contributed by atoms with Gasteiger partial charge in [-0.15, -0.1) is 0 Å². The molecule has 1 aliphatic heterocycles. The van der Waals surface area contributed by atoms with Gasteiger partial charge in [-0.05, 0) is 30.5 Å². The maximum Gasteiger partial charge on any atom is 0.0840 e. The second-order valence-corrected chi connectivity index (χ2v) is 6.52. The third-order valence-electron chi connectivity index (χ3n) is 4.89. The Morgan fingerprint density at radius 2 is 1.96 bits per heavy atom. The van der Waals surface area contributed by atoms with Gasteiger partial charge in [0.05, 0.1) is 25.4 Å². The highest BCUT2D eigenvalue weighted by atomic mass is 16.5. The van der Waals surface area contributed by atoms with E-state index in [1.54, 1.807) is 19.2 Å². The Morgan fingerprint density at radius 1 is 1.26 bits per heavy atom. The van der Waals surface area contributed by atoms with Gasteiger partial charge >= 0.3 is 0 Å². The first-order valence-electron chi connectivity index (χ1n) is 8.35. The molecule has 23 heavy (non-hydrogen) atoms. The average molecular weight is 323 g/mol. The van der Waals surface area contributed by atoms with E-state index in [1.165, 1.54) is 0 Å². The summed E-state index contributed by atoms with van der Waals surface area (Å²) in [5.74, 6) is -0.265. The van der Waals surface area contributed by atoms with Crippen molar-refractivity contribution in [3.05, 3.63) is 35.4 Å². The summed E-state index contributed by atoms with van der Waals surface area (Å²) in [7, 11) is 1.70. The largest absolute Gasteiger partial charge is 0.392 e. The van der Waals surface area contributed by atoms with Crippen LogP contribution in [0.1, 0.15) is 37.0 Å². The molecule has 130 valence electrons. The van der Waals surface area contributed by atoms with Crippen molar-refractivity contribution in [2.24, 2.45) is 5.92 Å². The van der Waals surface area contributed by atoms with Crippen molar-refractivity contribution in [1.82, 2.24) is 4.90 Å². The molecule has 0 bridgehead atoms. The van der Waals surface area contributed by atoms with E-state index in [1.807, 2.05) is 19.1 Å². The SMILES string of the molecule is COCC1CCCN1CC(O)C(C)C(O)c1ccc(CO)cc1. The Kier molecular flexibility index (Phi) is 6.99. The quantitative estimate of drug-likeness (QED) is 0.673. The molecule has 2 rings (SSSR count). The first-order chi connectivity index (χ1) is 11.1. The third-order valence-corrected chi connectivity index (χ3v) is 4.89. The summed E-state index contributed by atoms with van der Waals surface area (Å²) in [4.78, 5) is 2.26. The van der Waals surface area contributed by atoms with Crippen LogP contribution in [-0.2, 0) is 11.3 Å². The molecule has 1 heterocycles. The molecule has 1 saturated heterocycles. The van der Waals surface area contributed by atoms with E-state index >= 15 is 0 Å². The number of benzene rings is 1. The number of methoxy groups -OCH3 is 1. The molecule has 1 aliphatic rings. The van der Waals surface area contributed by atoms with Crippen molar-refractivity contribution >= 4 is 0 Å². The molecule has 5 heteroatoms. The summed E-state index contributed by atoms with van der Waals surface area (Å²) >= 11 is 0. The fourth-order valence-electron chi connectivity index (χ4n) is 3.26. The van der Waals surface area contributed by atoms with Crippen molar-refractivity contribution < 1.29 is 20.1 Å². The molecule has 0 aromatic heterocycles. The zero-order valence-electron chi connectivity index (χ0n) is 14.1. The highest BCUT2D eigenvalue weighted by Gasteiger charge is 2.30. The Morgan fingerprint density at radius 3 is 2.57 bits per heavy atom. The summed E-state index contributed by atoms with van der Waals surface area (Å²) in [6.07, 6.45) is 0.904. The number of rotatable bonds is 8. The monoisotopic (exact) mass is 323 g/mol. The maximum absolute atomic E-state index is 10.5. The molecule has 3 N–H and O–H groups in total. The Balaban J connectivity index is 1.93. The van der Waals surface area contributed by atoms with Gasteiger partial charge in [0.15, 0.2) is 0 Å². The van der Waals surface area contributed by atoms with Crippen molar-refractivity contribution in [2.45, 2.75) is 44.6 Å². The lowest BCUT2D eigenvalue weighted by atomic mass is 9.91. The zero-order chi connectivity index (χ0) is 16.8. The molecule has 0 spiro atoms. The van der Waals surface area contributed by atoms with E-state index in [9.17, 15) is 10.2 Å². The van der Waals surface area contributed by atoms with Gasteiger partial charge in [0.2, 0.25) is 0 Å². The van der Waals surface area contributed by atoms with Crippen molar-refractivity contribution in [3.8, 4) is 0 Å². The predicted molar refractivity (Wildman–Crippen MR) is 89.0 cm³/mol. The van der Waals surface area contributed by atoms with Crippen LogP contribution in [-0.4, -0.2) is 59.2 Å². The molecule has 4 atom stereocenters. The summed E-state index contributed by atoms with van der Waals surface area (Å²) in [6.45, 7) is 4.08. The third kappa shape index (κ3) is 4.75. The molecule has 0 amide bonds. The first-order valence-corrected chi connectivity index (χ1v) is 8.35. The summed E-state index contributed by atoms with van der Waals surface area (Å²) < 4.78 is 5.24. The predicted octanol–water partition coefficient (Wildman–Crippen LogP) is 1.32. The second kappa shape index (κ2) is 8.76. The van der Waals surface area contributed by atoms with Gasteiger partial charge in [-0.2, -0.15) is 0 Å². The number of aliphatic hydroxyl groups excluding tert-OH is 3. The number of likely N-dealkylation sites (tertiary alicyclic amines) is 1. The first kappa shape index (κ1) is 18.4. The number of hydrogen-bond donors (Lipinski definition) is 3. The van der Waals surface area contributed by atoms with E-state index in [2.05, 4.69) is 4.90 Å². The van der Waals surface area contributed by atoms with Gasteiger partial charge in [-0.1, -0.05) is 31.2 Å². The van der Waals surface area contributed by atoms with Crippen LogP contribution in [0.25, 0.3) is 0 Å². The second-order valence-electron chi connectivity index (χ2n) is 6.52. The smallest absolute Gasteiger partial charge is 0.0840 e. The Labute approximate surface area is 138 Å². The topological polar surface area (TPSA) is 73.2 Å². The van der Waals surface area contributed by atoms with Gasteiger partial charge in [-0.25, -0.2) is 0 Å². The van der Waals surface area contributed by atoms with E-state index < -0.39 is 12.2 Å². The lowest BCUT2D eigenvalue weighted by molar-refractivity contribution is -0.00612. The fraction of sp³-hybridized carbons (Fsp3) is 0.667. The van der Waals surface area contributed by atoms with E-state index in [0.29, 0.717) is 19.2 Å². The van der Waals surface area contributed by atoms with Crippen LogP contribution >= 0.6 is 0 Å². The van der Waals surface area contributed by atoms with Crippen molar-refractivity contribution in [3.63, 3.8) is 0 Å². The van der Waals surface area contributed by atoms with Crippen LogP contribution in [0, 0.1) is 5.92 Å². The van der Waals surface area contributed by atoms with Crippen LogP contribution in [0.2, 0.25) is 0 Å². The van der Waals surface area contributed by atoms with Gasteiger partial charge < -0.3 is 20.1 Å². The molecule has 1 aromatic rings. The van der Waals surface area contributed by atoms with Crippen molar-refractivity contribution in [1.29, 1.82) is 0 Å². The maximum atomic E-state index is 10.5. The molecule has 0 radical (unpaired) electrons. The van der Waals surface area contributed by atoms with Gasteiger partial charge in [0.25, 0.3) is 0 Å². The lowest BCUT2D eigenvalue weighted by Crippen LogP contribution is -2.41. The molecule has 5 nitrogen and oxygen atoms in total. The number of nitrogens with zero attached hydrogens (tertiary/aromatic N) is 1. The normalized spacial score (nSPS) is 22.9. The number of hydrogen-bond acceptors (Lipinski definition) is 5. The summed E-state index contributed by atoms with van der Waals surface area (Å²) in [6, 6.07) is 7.58. The van der Waals surface area contributed by atoms with Crippen molar-refractivity contribution in [2.75, 3.05) is 26.8 Å². The summed E-state index contributed by atoms with van der Waals surface area (Å²) in [5, 5.41) is 30.1. The molecule has 1 aromatic carbocycles. The Bertz CT molecular complexity index is 465. The molecule has 4 unspecified atom stereocenters. The zero-order valence-corrected chi connectivity index (χ0v) is 14.1. The van der Waals surface area contributed by atoms with E-state index in [0.717, 1.165) is 30.5 Å². The van der Waals surface area contributed by atoms with Crippen LogP contribution in [0.3, 0.4) is 0 Å². The minimum Gasteiger partial charge on any atom is -0.392 e. The van der Waals surface area contributed by atoms with Gasteiger partial charge in [-0.3, -0.25) is 4.90 Å². The Hall–Kier alpha value is -0.980. The lowest BCUT2D eigenvalue weighted by Gasteiger charge is -2.31. The van der Waals surface area contributed by atoms with E-state index in [4.69, 9.17) is 9.84 Å². The average Bonchev–Trinajstić information content (AvgIpc) is 3.01. The highest BCUT2D eigenvalue weighted by molar-refractivity contribution is 5.24. The summed E-state index contributed by atoms with van der Waals surface area (Å²) in [5.41, 5.74) is 1.58. The van der Waals surface area contributed by atoms with Crippen LogP contribution in [0.4, 0.5) is 0 Å². The minimum atomic E-state index is -0.721. The standard InChI is InChI=1S/C18H29NO4/c1-13(18(22)15-7-5-14(11-20)6-8-15)17(21)10-19-9-3-4-16(19)12-23-2/h5-8,13,16-18,20-22H,3-4,9-12H2,1-2H3. The molecular weight excluding hydrogens is 294 g/mol. The van der Waals surface area contributed by atoms with Gasteiger partial charge in [0, 0.05) is 25.6 Å². The van der Waals surface area contributed by atoms with Crippen LogP contribution < -0.4 is 0 Å². The van der Waals surface area contributed by atoms with Gasteiger partial charge in [0.1, 0.15) is 0 Å². The van der Waals surface area contributed by atoms with E-state index in [-0.39, 0.29) is 12.5 Å². The van der Waals surface area contributed by atoms with Crippen LogP contribution in [0.5, 0.6) is 0 Å². The molecule has 0 saturated carbocycles. The molecule has 1 fully saturated rings. The number of aliphatic hydroxyl groups is 3.